The topological polar surface area (TPSA) is 108 Å². The summed E-state index contributed by atoms with van der Waals surface area (Å²) < 4.78 is 4.91. The normalized spacial score (nSPS) is 12.4. The third-order valence-electron chi connectivity index (χ3n) is 2.17. The van der Waals surface area contributed by atoms with Gasteiger partial charge in [-0.15, -0.1) is 0 Å². The Bertz CT molecular complexity index is 550. The lowest BCUT2D eigenvalue weighted by Crippen LogP contribution is -2.04. The lowest BCUT2D eigenvalue weighted by Gasteiger charge is -1.96. The summed E-state index contributed by atoms with van der Waals surface area (Å²) >= 11 is 0. The molecular weight excluding hydrogens is 224 g/mol. The van der Waals surface area contributed by atoms with Crippen molar-refractivity contribution in [3.05, 3.63) is 40.3 Å². The van der Waals surface area contributed by atoms with E-state index in [1.165, 1.54) is 6.07 Å². The van der Waals surface area contributed by atoms with Crippen molar-refractivity contribution < 1.29 is 9.45 Å². The fourth-order valence-corrected chi connectivity index (χ4v) is 1.35. The SMILES string of the molecule is CC(N)c1nc(-c2ccccc2[N+](=O)[O-])no1. The third kappa shape index (κ3) is 2.13. The number of para-hydroxylation sites is 1. The van der Waals surface area contributed by atoms with Gasteiger partial charge in [0.25, 0.3) is 5.69 Å². The van der Waals surface area contributed by atoms with Crippen molar-refractivity contribution in [3.63, 3.8) is 0 Å². The molecule has 0 amide bonds. The number of aromatic nitrogens is 2. The Labute approximate surface area is 96.4 Å². The number of hydrogen-bond donors (Lipinski definition) is 1. The van der Waals surface area contributed by atoms with Crippen molar-refractivity contribution in [2.24, 2.45) is 5.73 Å². The van der Waals surface area contributed by atoms with E-state index in [0.717, 1.165) is 0 Å². The summed E-state index contributed by atoms with van der Waals surface area (Å²) in [7, 11) is 0. The molecule has 1 heterocycles. The summed E-state index contributed by atoms with van der Waals surface area (Å²) in [6.07, 6.45) is 0. The number of nitrogens with two attached hydrogens (primary N) is 1. The highest BCUT2D eigenvalue weighted by atomic mass is 16.6. The van der Waals surface area contributed by atoms with Crippen molar-refractivity contribution in [2.45, 2.75) is 13.0 Å². The van der Waals surface area contributed by atoms with Crippen LogP contribution in [0.3, 0.4) is 0 Å². The molecule has 0 saturated carbocycles. The van der Waals surface area contributed by atoms with Crippen LogP contribution < -0.4 is 5.73 Å². The van der Waals surface area contributed by atoms with Crippen molar-refractivity contribution in [1.82, 2.24) is 10.1 Å². The summed E-state index contributed by atoms with van der Waals surface area (Å²) in [5.74, 6) is 0.419. The van der Waals surface area contributed by atoms with Crippen LogP contribution in [0.4, 0.5) is 5.69 Å². The minimum Gasteiger partial charge on any atom is -0.337 e. The summed E-state index contributed by atoms with van der Waals surface area (Å²) in [5, 5.41) is 14.5. The minimum absolute atomic E-state index is 0.0653. The van der Waals surface area contributed by atoms with Gasteiger partial charge in [-0.3, -0.25) is 10.1 Å². The number of benzene rings is 1. The largest absolute Gasteiger partial charge is 0.337 e. The van der Waals surface area contributed by atoms with Gasteiger partial charge < -0.3 is 10.3 Å². The number of rotatable bonds is 3. The summed E-state index contributed by atoms with van der Waals surface area (Å²) in [5.41, 5.74) is 5.82. The number of nitro groups is 1. The van der Waals surface area contributed by atoms with Crippen molar-refractivity contribution in [2.75, 3.05) is 0 Å². The highest BCUT2D eigenvalue weighted by Crippen LogP contribution is 2.27. The second-order valence-corrected chi connectivity index (χ2v) is 3.52. The molecule has 0 bridgehead atoms. The molecule has 88 valence electrons. The molecule has 1 aromatic heterocycles. The van der Waals surface area contributed by atoms with Crippen LogP contribution in [-0.2, 0) is 0 Å². The van der Waals surface area contributed by atoms with E-state index in [1.807, 2.05) is 0 Å². The first kappa shape index (κ1) is 11.2. The Morgan fingerprint density at radius 3 is 2.76 bits per heavy atom. The van der Waals surface area contributed by atoms with Crippen LogP contribution >= 0.6 is 0 Å². The third-order valence-corrected chi connectivity index (χ3v) is 2.17. The zero-order chi connectivity index (χ0) is 12.4. The maximum atomic E-state index is 10.8. The Hall–Kier alpha value is -2.28. The van der Waals surface area contributed by atoms with E-state index in [4.69, 9.17) is 10.3 Å². The van der Waals surface area contributed by atoms with Crippen molar-refractivity contribution >= 4 is 5.69 Å². The molecule has 1 unspecified atom stereocenters. The van der Waals surface area contributed by atoms with Crippen molar-refractivity contribution in [3.8, 4) is 11.4 Å². The van der Waals surface area contributed by atoms with Gasteiger partial charge in [-0.05, 0) is 13.0 Å². The molecule has 2 N–H and O–H groups in total. The van der Waals surface area contributed by atoms with Gasteiger partial charge in [-0.2, -0.15) is 4.98 Å². The fraction of sp³-hybridized carbons (Fsp3) is 0.200. The van der Waals surface area contributed by atoms with Crippen LogP contribution in [-0.4, -0.2) is 15.1 Å². The van der Waals surface area contributed by atoms with E-state index >= 15 is 0 Å². The molecule has 17 heavy (non-hydrogen) atoms. The van der Waals surface area contributed by atoms with Gasteiger partial charge in [0.1, 0.15) is 5.56 Å². The molecule has 1 aromatic carbocycles. The summed E-state index contributed by atoms with van der Waals surface area (Å²) in [4.78, 5) is 14.4. The summed E-state index contributed by atoms with van der Waals surface area (Å²) in [6, 6.07) is 5.79. The predicted octanol–water partition coefficient (Wildman–Crippen LogP) is 1.66. The summed E-state index contributed by atoms with van der Waals surface area (Å²) in [6.45, 7) is 1.69. The van der Waals surface area contributed by atoms with E-state index in [0.29, 0.717) is 5.56 Å². The molecule has 0 aliphatic rings. The van der Waals surface area contributed by atoms with Crippen LogP contribution in [0.15, 0.2) is 28.8 Å². The monoisotopic (exact) mass is 234 g/mol. The zero-order valence-corrected chi connectivity index (χ0v) is 9.03. The van der Waals surface area contributed by atoms with E-state index < -0.39 is 11.0 Å². The zero-order valence-electron chi connectivity index (χ0n) is 9.03. The predicted molar refractivity (Wildman–Crippen MR) is 59.0 cm³/mol. The quantitative estimate of drug-likeness (QED) is 0.639. The number of nitrogens with zero attached hydrogens (tertiary/aromatic N) is 3. The molecule has 1 atom stereocenters. The standard InChI is InChI=1S/C10H10N4O3/c1-6(11)10-12-9(13-17-10)7-4-2-3-5-8(7)14(15)16/h2-6H,11H2,1H3. The number of nitro benzene ring substituents is 1. The fourth-order valence-electron chi connectivity index (χ4n) is 1.35. The van der Waals surface area contributed by atoms with Gasteiger partial charge in [-0.1, -0.05) is 17.3 Å². The number of hydrogen-bond acceptors (Lipinski definition) is 6. The first-order valence-corrected chi connectivity index (χ1v) is 4.92. The van der Waals surface area contributed by atoms with Crippen LogP contribution in [0, 0.1) is 10.1 Å². The van der Waals surface area contributed by atoms with Gasteiger partial charge in [0.2, 0.25) is 11.7 Å². The van der Waals surface area contributed by atoms with Gasteiger partial charge in [0.05, 0.1) is 11.0 Å². The molecule has 7 heteroatoms. The molecular formula is C10H10N4O3. The van der Waals surface area contributed by atoms with E-state index in [9.17, 15) is 10.1 Å². The van der Waals surface area contributed by atoms with Gasteiger partial charge >= 0.3 is 0 Å². The van der Waals surface area contributed by atoms with Gasteiger partial charge in [0.15, 0.2) is 0 Å². The molecule has 7 nitrogen and oxygen atoms in total. The second-order valence-electron chi connectivity index (χ2n) is 3.52. The molecule has 0 spiro atoms. The first-order valence-electron chi connectivity index (χ1n) is 4.92. The second kappa shape index (κ2) is 4.30. The van der Waals surface area contributed by atoms with Crippen molar-refractivity contribution in [1.29, 1.82) is 0 Å². The van der Waals surface area contributed by atoms with Crippen LogP contribution in [0.1, 0.15) is 18.9 Å². The smallest absolute Gasteiger partial charge is 0.280 e. The van der Waals surface area contributed by atoms with E-state index in [2.05, 4.69) is 10.1 Å². The van der Waals surface area contributed by atoms with Gasteiger partial charge in [0, 0.05) is 6.07 Å². The lowest BCUT2D eigenvalue weighted by molar-refractivity contribution is -0.384. The maximum absolute atomic E-state index is 10.8. The molecule has 0 fully saturated rings. The molecule has 0 aliphatic carbocycles. The molecule has 0 aliphatic heterocycles. The Morgan fingerprint density at radius 1 is 1.47 bits per heavy atom. The Balaban J connectivity index is 2.49. The van der Waals surface area contributed by atoms with Crippen LogP contribution in [0.25, 0.3) is 11.4 Å². The highest BCUT2D eigenvalue weighted by molar-refractivity contribution is 5.67. The minimum atomic E-state index is -0.489. The van der Waals surface area contributed by atoms with Crippen LogP contribution in [0.5, 0.6) is 0 Å². The lowest BCUT2D eigenvalue weighted by atomic mass is 10.2. The van der Waals surface area contributed by atoms with E-state index in [1.54, 1.807) is 25.1 Å². The van der Waals surface area contributed by atoms with Crippen LogP contribution in [0.2, 0.25) is 0 Å². The highest BCUT2D eigenvalue weighted by Gasteiger charge is 2.19. The first-order chi connectivity index (χ1) is 8.09. The van der Waals surface area contributed by atoms with Gasteiger partial charge in [-0.25, -0.2) is 0 Å². The Kier molecular flexibility index (Phi) is 2.84. The maximum Gasteiger partial charge on any atom is 0.280 e. The molecule has 0 saturated heterocycles. The Morgan fingerprint density at radius 2 is 2.18 bits per heavy atom. The molecule has 2 rings (SSSR count). The average Bonchev–Trinajstić information content (AvgIpc) is 2.78. The van der Waals surface area contributed by atoms with E-state index in [-0.39, 0.29) is 17.4 Å². The average molecular weight is 234 g/mol. The molecule has 0 radical (unpaired) electrons. The molecule has 2 aromatic rings.